The number of ether oxygens (including phenoxy) is 2. The first kappa shape index (κ1) is 23.7. The molecule has 0 saturated heterocycles. The second-order valence-electron chi connectivity index (χ2n) is 7.17. The van der Waals surface area contributed by atoms with Gasteiger partial charge >= 0.3 is 0 Å². The molecule has 0 aliphatic rings. The van der Waals surface area contributed by atoms with Gasteiger partial charge in [0.15, 0.2) is 11.5 Å². The summed E-state index contributed by atoms with van der Waals surface area (Å²) in [5.74, 6) is 1.17. The van der Waals surface area contributed by atoms with Crippen molar-refractivity contribution in [3.8, 4) is 11.5 Å². The fourth-order valence-electron chi connectivity index (χ4n) is 3.12. The first-order valence-corrected chi connectivity index (χ1v) is 11.2. The van der Waals surface area contributed by atoms with Gasteiger partial charge in [0.2, 0.25) is 15.9 Å². The summed E-state index contributed by atoms with van der Waals surface area (Å²) in [6, 6.07) is 10.8. The minimum Gasteiger partial charge on any atom is -0.493 e. The number of hydrogen-bond donors (Lipinski definition) is 1. The number of rotatable bonds is 10. The summed E-state index contributed by atoms with van der Waals surface area (Å²) in [4.78, 5) is 14.2. The Hall–Kier alpha value is -2.58. The van der Waals surface area contributed by atoms with Gasteiger partial charge in [0, 0.05) is 26.6 Å². The maximum absolute atomic E-state index is 12.5. The maximum Gasteiger partial charge on any atom is 0.240 e. The molecule has 0 aromatic heterocycles. The molecule has 2 aromatic rings. The standard InChI is InChI=1S/C22H30N2O5S/c1-16-6-9-21(17(2)14-16)30(26,27)23-12-10-22(25)24(3)13-11-18-7-8-19(28-4)20(15-18)29-5/h6-9,14-15,23H,10-13H2,1-5H3. The largest absolute Gasteiger partial charge is 0.493 e. The first-order valence-electron chi connectivity index (χ1n) is 9.69. The van der Waals surface area contributed by atoms with Crippen LogP contribution < -0.4 is 14.2 Å². The topological polar surface area (TPSA) is 84.9 Å². The summed E-state index contributed by atoms with van der Waals surface area (Å²) >= 11 is 0. The van der Waals surface area contributed by atoms with Crippen molar-refractivity contribution in [2.45, 2.75) is 31.6 Å². The van der Waals surface area contributed by atoms with Crippen LogP contribution >= 0.6 is 0 Å². The molecule has 0 unspecified atom stereocenters. The minimum absolute atomic E-state index is 0.0508. The number of aryl methyl sites for hydroxylation is 2. The molecule has 7 nitrogen and oxygen atoms in total. The lowest BCUT2D eigenvalue weighted by atomic mass is 10.1. The third-order valence-corrected chi connectivity index (χ3v) is 6.48. The highest BCUT2D eigenvalue weighted by atomic mass is 32.2. The number of carbonyl (C=O) groups excluding carboxylic acids is 1. The molecule has 0 fully saturated rings. The van der Waals surface area contributed by atoms with E-state index in [1.807, 2.05) is 31.2 Å². The van der Waals surface area contributed by atoms with Gasteiger partial charge in [-0.05, 0) is 49.6 Å². The highest BCUT2D eigenvalue weighted by Crippen LogP contribution is 2.27. The number of hydrogen-bond acceptors (Lipinski definition) is 5. The minimum atomic E-state index is -3.65. The fourth-order valence-corrected chi connectivity index (χ4v) is 4.38. The molecular weight excluding hydrogens is 404 g/mol. The Balaban J connectivity index is 1.86. The smallest absolute Gasteiger partial charge is 0.240 e. The van der Waals surface area contributed by atoms with Gasteiger partial charge in [0.05, 0.1) is 19.1 Å². The van der Waals surface area contributed by atoms with Crippen LogP contribution in [0.5, 0.6) is 11.5 Å². The van der Waals surface area contributed by atoms with E-state index in [9.17, 15) is 13.2 Å². The van der Waals surface area contributed by atoms with Crippen molar-refractivity contribution >= 4 is 15.9 Å². The Morgan fingerprint density at radius 2 is 1.73 bits per heavy atom. The van der Waals surface area contributed by atoms with Crippen LogP contribution in [0, 0.1) is 13.8 Å². The molecule has 0 radical (unpaired) electrons. The number of nitrogens with one attached hydrogen (secondary N) is 1. The molecule has 0 heterocycles. The number of benzene rings is 2. The molecule has 2 aromatic carbocycles. The summed E-state index contributed by atoms with van der Waals surface area (Å²) in [5.41, 5.74) is 2.70. The molecule has 1 amide bonds. The van der Waals surface area contributed by atoms with Crippen LogP contribution in [-0.4, -0.2) is 53.6 Å². The highest BCUT2D eigenvalue weighted by Gasteiger charge is 2.17. The molecule has 30 heavy (non-hydrogen) atoms. The van der Waals surface area contributed by atoms with E-state index in [4.69, 9.17) is 9.47 Å². The Kier molecular flexibility index (Phi) is 8.25. The number of amides is 1. The van der Waals surface area contributed by atoms with Crippen LogP contribution in [0.2, 0.25) is 0 Å². The lowest BCUT2D eigenvalue weighted by Gasteiger charge is -2.18. The molecule has 2 rings (SSSR count). The Morgan fingerprint density at radius 1 is 1.03 bits per heavy atom. The molecule has 0 spiro atoms. The van der Waals surface area contributed by atoms with Crippen LogP contribution in [0.25, 0.3) is 0 Å². The average molecular weight is 435 g/mol. The van der Waals surface area contributed by atoms with Crippen molar-refractivity contribution in [3.05, 3.63) is 53.1 Å². The number of nitrogens with zero attached hydrogens (tertiary/aromatic N) is 1. The summed E-state index contributed by atoms with van der Waals surface area (Å²) in [6.45, 7) is 4.23. The number of methoxy groups -OCH3 is 2. The van der Waals surface area contributed by atoms with Gasteiger partial charge in [-0.1, -0.05) is 23.8 Å². The van der Waals surface area contributed by atoms with Crippen molar-refractivity contribution < 1.29 is 22.7 Å². The summed E-state index contributed by atoms with van der Waals surface area (Å²) < 4.78 is 38.0. The quantitative estimate of drug-likeness (QED) is 0.622. The zero-order valence-corrected chi connectivity index (χ0v) is 19.0. The van der Waals surface area contributed by atoms with Crippen molar-refractivity contribution in [2.24, 2.45) is 0 Å². The van der Waals surface area contributed by atoms with E-state index < -0.39 is 10.0 Å². The average Bonchev–Trinajstić information content (AvgIpc) is 2.71. The third kappa shape index (κ3) is 6.21. The van der Waals surface area contributed by atoms with E-state index >= 15 is 0 Å². The van der Waals surface area contributed by atoms with Crippen molar-refractivity contribution in [3.63, 3.8) is 0 Å². The van der Waals surface area contributed by atoms with Crippen molar-refractivity contribution in [1.29, 1.82) is 0 Å². The van der Waals surface area contributed by atoms with Gasteiger partial charge in [-0.25, -0.2) is 13.1 Å². The van der Waals surface area contributed by atoms with Crippen molar-refractivity contribution in [1.82, 2.24) is 9.62 Å². The number of carbonyl (C=O) groups is 1. The van der Waals surface area contributed by atoms with Gasteiger partial charge in [-0.3, -0.25) is 4.79 Å². The molecule has 0 atom stereocenters. The first-order chi connectivity index (χ1) is 14.2. The highest BCUT2D eigenvalue weighted by molar-refractivity contribution is 7.89. The zero-order valence-electron chi connectivity index (χ0n) is 18.2. The second-order valence-corrected chi connectivity index (χ2v) is 8.91. The molecule has 8 heteroatoms. The molecule has 0 aliphatic carbocycles. The van der Waals surface area contributed by atoms with Crippen molar-refractivity contribution in [2.75, 3.05) is 34.4 Å². The Bertz CT molecular complexity index is 989. The molecule has 0 bridgehead atoms. The van der Waals surface area contributed by atoms with Crippen LogP contribution in [-0.2, 0) is 21.2 Å². The lowest BCUT2D eigenvalue weighted by Crippen LogP contribution is -2.33. The van der Waals surface area contributed by atoms with E-state index in [1.165, 1.54) is 0 Å². The summed E-state index contributed by atoms with van der Waals surface area (Å²) in [6.07, 6.45) is 0.740. The molecule has 0 saturated carbocycles. The van der Waals surface area contributed by atoms with E-state index in [2.05, 4.69) is 4.72 Å². The van der Waals surface area contributed by atoms with Crippen LogP contribution in [0.15, 0.2) is 41.3 Å². The Morgan fingerprint density at radius 3 is 2.37 bits per heavy atom. The lowest BCUT2D eigenvalue weighted by molar-refractivity contribution is -0.129. The predicted molar refractivity (Wildman–Crippen MR) is 117 cm³/mol. The van der Waals surface area contributed by atoms with E-state index in [1.54, 1.807) is 45.2 Å². The number of likely N-dealkylation sites (N-methyl/N-ethyl adjacent to an activating group) is 1. The van der Waals surface area contributed by atoms with Crippen LogP contribution in [0.1, 0.15) is 23.1 Å². The number of sulfonamides is 1. The van der Waals surface area contributed by atoms with Gasteiger partial charge in [-0.15, -0.1) is 0 Å². The zero-order chi connectivity index (χ0) is 22.3. The molecular formula is C22H30N2O5S. The van der Waals surface area contributed by atoms with Gasteiger partial charge in [-0.2, -0.15) is 0 Å². The third-order valence-electron chi connectivity index (χ3n) is 4.86. The summed E-state index contributed by atoms with van der Waals surface area (Å²) in [7, 11) is 1.23. The normalized spacial score (nSPS) is 11.2. The predicted octanol–water partition coefficient (Wildman–Crippen LogP) is 2.69. The summed E-state index contributed by atoms with van der Waals surface area (Å²) in [5, 5.41) is 0. The monoisotopic (exact) mass is 434 g/mol. The Labute approximate surface area is 179 Å². The van der Waals surface area contributed by atoms with E-state index in [-0.39, 0.29) is 23.8 Å². The van der Waals surface area contributed by atoms with Gasteiger partial charge in [0.1, 0.15) is 0 Å². The molecule has 164 valence electrons. The van der Waals surface area contributed by atoms with E-state index in [0.717, 1.165) is 11.1 Å². The molecule has 1 N–H and O–H groups in total. The molecule has 0 aliphatic heterocycles. The van der Waals surface area contributed by atoms with E-state index in [0.29, 0.717) is 30.0 Å². The maximum atomic E-state index is 12.5. The van der Waals surface area contributed by atoms with Crippen LogP contribution in [0.3, 0.4) is 0 Å². The van der Waals surface area contributed by atoms with Gasteiger partial charge < -0.3 is 14.4 Å². The second kappa shape index (κ2) is 10.4. The van der Waals surface area contributed by atoms with Crippen LogP contribution in [0.4, 0.5) is 0 Å². The fraction of sp³-hybridized carbons (Fsp3) is 0.409. The SMILES string of the molecule is COc1ccc(CCN(C)C(=O)CCNS(=O)(=O)c2ccc(C)cc2C)cc1OC. The van der Waals surface area contributed by atoms with Gasteiger partial charge in [0.25, 0.3) is 0 Å².